The zero-order valence-electron chi connectivity index (χ0n) is 9.77. The molecule has 0 saturated carbocycles. The Morgan fingerprint density at radius 2 is 2.18 bits per heavy atom. The molecule has 0 bridgehead atoms. The molecule has 2 aromatic rings. The van der Waals surface area contributed by atoms with Crippen LogP contribution in [0.2, 0.25) is 0 Å². The Morgan fingerprint density at radius 3 is 2.88 bits per heavy atom. The molecule has 0 aliphatic rings. The lowest BCUT2D eigenvalue weighted by molar-refractivity contribution is 0.0526. The molecule has 2 rings (SSSR count). The summed E-state index contributed by atoms with van der Waals surface area (Å²) in [4.78, 5) is 11.6. The fourth-order valence-electron chi connectivity index (χ4n) is 1.83. The van der Waals surface area contributed by atoms with Crippen LogP contribution in [0.3, 0.4) is 0 Å². The topological polar surface area (TPSA) is 26.3 Å². The zero-order valence-corrected chi connectivity index (χ0v) is 9.77. The van der Waals surface area contributed by atoms with E-state index in [1.165, 1.54) is 0 Å². The van der Waals surface area contributed by atoms with Crippen LogP contribution in [0, 0.1) is 0 Å². The largest absolute Gasteiger partial charge is 0.462 e. The molecule has 0 amide bonds. The molecule has 0 aromatic heterocycles. The molecular formula is C15H14O2. The van der Waals surface area contributed by atoms with Crippen LogP contribution >= 0.6 is 0 Å². The van der Waals surface area contributed by atoms with Crippen molar-refractivity contribution in [3.05, 3.63) is 54.1 Å². The lowest BCUT2D eigenvalue weighted by Crippen LogP contribution is -2.04. The smallest absolute Gasteiger partial charge is 0.338 e. The van der Waals surface area contributed by atoms with E-state index >= 15 is 0 Å². The van der Waals surface area contributed by atoms with Crippen LogP contribution in [0.25, 0.3) is 16.8 Å². The minimum atomic E-state index is -0.279. The normalized spacial score (nSPS) is 10.2. The number of carbonyl (C=O) groups is 1. The average molecular weight is 226 g/mol. The molecule has 0 fully saturated rings. The van der Waals surface area contributed by atoms with Crippen molar-refractivity contribution in [3.63, 3.8) is 0 Å². The molecule has 0 saturated heterocycles. The lowest BCUT2D eigenvalue weighted by Gasteiger charge is -2.05. The van der Waals surface area contributed by atoms with E-state index in [0.717, 1.165) is 16.3 Å². The molecule has 0 N–H and O–H groups in total. The highest BCUT2D eigenvalue weighted by Crippen LogP contribution is 2.21. The average Bonchev–Trinajstić information content (AvgIpc) is 2.37. The summed E-state index contributed by atoms with van der Waals surface area (Å²) >= 11 is 0. The van der Waals surface area contributed by atoms with Gasteiger partial charge in [-0.1, -0.05) is 36.9 Å². The van der Waals surface area contributed by atoms with Gasteiger partial charge in [0.1, 0.15) is 0 Å². The summed E-state index contributed by atoms with van der Waals surface area (Å²) in [5, 5.41) is 2.11. The molecule has 0 radical (unpaired) electrons. The van der Waals surface area contributed by atoms with Crippen LogP contribution in [-0.4, -0.2) is 12.6 Å². The summed E-state index contributed by atoms with van der Waals surface area (Å²) in [5.41, 5.74) is 1.65. The second-order valence-corrected chi connectivity index (χ2v) is 3.71. The summed E-state index contributed by atoms with van der Waals surface area (Å²) < 4.78 is 4.97. The third-order valence-electron chi connectivity index (χ3n) is 2.65. The fourth-order valence-corrected chi connectivity index (χ4v) is 1.83. The number of esters is 1. The Hall–Kier alpha value is -2.09. The van der Waals surface area contributed by atoms with Gasteiger partial charge in [-0.15, -0.1) is 0 Å². The third kappa shape index (κ3) is 2.21. The lowest BCUT2D eigenvalue weighted by atomic mass is 10.0. The van der Waals surface area contributed by atoms with E-state index in [1.54, 1.807) is 13.0 Å². The van der Waals surface area contributed by atoms with Crippen molar-refractivity contribution in [2.75, 3.05) is 6.61 Å². The number of fused-ring (bicyclic) bond motifs is 1. The summed E-state index contributed by atoms with van der Waals surface area (Å²) in [6, 6.07) is 11.5. The van der Waals surface area contributed by atoms with Crippen molar-refractivity contribution < 1.29 is 9.53 Å². The molecule has 0 unspecified atom stereocenters. The van der Waals surface area contributed by atoms with Crippen LogP contribution in [0.4, 0.5) is 0 Å². The number of ether oxygens (including phenoxy) is 1. The van der Waals surface area contributed by atoms with Crippen LogP contribution in [0.5, 0.6) is 0 Å². The predicted molar refractivity (Wildman–Crippen MR) is 70.0 cm³/mol. The second kappa shape index (κ2) is 4.83. The number of benzene rings is 2. The molecule has 0 aliphatic heterocycles. The van der Waals surface area contributed by atoms with Crippen LogP contribution in [-0.2, 0) is 4.74 Å². The highest BCUT2D eigenvalue weighted by atomic mass is 16.5. The van der Waals surface area contributed by atoms with Gasteiger partial charge in [0.2, 0.25) is 0 Å². The Labute approximate surface area is 101 Å². The first-order valence-corrected chi connectivity index (χ1v) is 5.58. The molecule has 2 aromatic carbocycles. The first-order chi connectivity index (χ1) is 8.26. The zero-order chi connectivity index (χ0) is 12.3. The SMILES string of the molecule is C=Cc1cccc2cc(C(=O)OCC)ccc12. The first-order valence-electron chi connectivity index (χ1n) is 5.58. The van der Waals surface area contributed by atoms with E-state index in [-0.39, 0.29) is 5.97 Å². The van der Waals surface area contributed by atoms with E-state index in [1.807, 2.05) is 36.4 Å². The van der Waals surface area contributed by atoms with Crippen molar-refractivity contribution in [1.29, 1.82) is 0 Å². The van der Waals surface area contributed by atoms with Gasteiger partial charge in [-0.05, 0) is 35.4 Å². The van der Waals surface area contributed by atoms with E-state index in [4.69, 9.17) is 4.74 Å². The molecule has 2 nitrogen and oxygen atoms in total. The summed E-state index contributed by atoms with van der Waals surface area (Å²) in [5.74, 6) is -0.279. The van der Waals surface area contributed by atoms with E-state index in [2.05, 4.69) is 6.58 Å². The van der Waals surface area contributed by atoms with Crippen molar-refractivity contribution in [3.8, 4) is 0 Å². The summed E-state index contributed by atoms with van der Waals surface area (Å²) in [7, 11) is 0. The first kappa shape index (κ1) is 11.4. The second-order valence-electron chi connectivity index (χ2n) is 3.71. The molecule has 2 heteroatoms. The number of hydrogen-bond donors (Lipinski definition) is 0. The van der Waals surface area contributed by atoms with E-state index in [9.17, 15) is 4.79 Å². The molecular weight excluding hydrogens is 212 g/mol. The van der Waals surface area contributed by atoms with Gasteiger partial charge in [0, 0.05) is 0 Å². The van der Waals surface area contributed by atoms with E-state index < -0.39 is 0 Å². The molecule has 0 spiro atoms. The van der Waals surface area contributed by atoms with Gasteiger partial charge in [-0.2, -0.15) is 0 Å². The minimum absolute atomic E-state index is 0.279. The molecule has 17 heavy (non-hydrogen) atoms. The monoisotopic (exact) mass is 226 g/mol. The third-order valence-corrected chi connectivity index (χ3v) is 2.65. The van der Waals surface area contributed by atoms with Gasteiger partial charge in [0.15, 0.2) is 0 Å². The minimum Gasteiger partial charge on any atom is -0.462 e. The summed E-state index contributed by atoms with van der Waals surface area (Å²) in [6.07, 6.45) is 1.81. The van der Waals surface area contributed by atoms with Crippen molar-refractivity contribution in [1.82, 2.24) is 0 Å². The van der Waals surface area contributed by atoms with Crippen molar-refractivity contribution >= 4 is 22.8 Å². The maximum atomic E-state index is 11.6. The standard InChI is InChI=1S/C15H14O2/c1-3-11-6-5-7-12-10-13(8-9-14(11)12)15(16)17-4-2/h3,5-10H,1,4H2,2H3. The van der Waals surface area contributed by atoms with Gasteiger partial charge in [-0.3, -0.25) is 0 Å². The van der Waals surface area contributed by atoms with Gasteiger partial charge in [-0.25, -0.2) is 4.79 Å². The molecule has 0 heterocycles. The molecule has 86 valence electrons. The van der Waals surface area contributed by atoms with Gasteiger partial charge < -0.3 is 4.74 Å². The highest BCUT2D eigenvalue weighted by molar-refractivity contribution is 5.97. The fraction of sp³-hybridized carbons (Fsp3) is 0.133. The Bertz CT molecular complexity index is 570. The number of rotatable bonds is 3. The predicted octanol–water partition coefficient (Wildman–Crippen LogP) is 3.66. The maximum Gasteiger partial charge on any atom is 0.338 e. The Morgan fingerprint density at radius 1 is 1.35 bits per heavy atom. The number of hydrogen-bond acceptors (Lipinski definition) is 2. The highest BCUT2D eigenvalue weighted by Gasteiger charge is 2.07. The molecule has 0 aliphatic carbocycles. The Balaban J connectivity index is 2.51. The van der Waals surface area contributed by atoms with Crippen molar-refractivity contribution in [2.45, 2.75) is 6.92 Å². The van der Waals surface area contributed by atoms with Gasteiger partial charge in [0.05, 0.1) is 12.2 Å². The molecule has 0 atom stereocenters. The number of carbonyl (C=O) groups excluding carboxylic acids is 1. The van der Waals surface area contributed by atoms with Crippen molar-refractivity contribution in [2.24, 2.45) is 0 Å². The Kier molecular flexibility index (Phi) is 3.24. The quantitative estimate of drug-likeness (QED) is 0.746. The van der Waals surface area contributed by atoms with E-state index in [0.29, 0.717) is 12.2 Å². The van der Waals surface area contributed by atoms with Gasteiger partial charge in [0.25, 0.3) is 0 Å². The van der Waals surface area contributed by atoms with Crippen LogP contribution in [0.15, 0.2) is 43.0 Å². The summed E-state index contributed by atoms with van der Waals surface area (Å²) in [6.45, 7) is 5.97. The van der Waals surface area contributed by atoms with Gasteiger partial charge >= 0.3 is 5.97 Å². The maximum absolute atomic E-state index is 11.6. The van der Waals surface area contributed by atoms with Crippen LogP contribution < -0.4 is 0 Å². The van der Waals surface area contributed by atoms with Crippen LogP contribution in [0.1, 0.15) is 22.8 Å².